The van der Waals surface area contributed by atoms with Gasteiger partial charge in [-0.1, -0.05) is 6.08 Å². The Kier molecular flexibility index (Phi) is 18.2. The maximum Gasteiger partial charge on any atom is 0.335 e. The largest absolute Gasteiger partial charge is 0.748 e. The first-order valence-corrected chi connectivity index (χ1v) is 25.7. The highest BCUT2D eigenvalue weighted by Gasteiger charge is 2.48. The van der Waals surface area contributed by atoms with Gasteiger partial charge in [-0.05, 0) is 75.1 Å². The molecule has 0 radical (unpaired) electrons. The van der Waals surface area contributed by atoms with E-state index in [0.717, 1.165) is 0 Å². The topological polar surface area (TPSA) is 288 Å². The number of hydrogen-bond donors (Lipinski definition) is 0. The van der Waals surface area contributed by atoms with Crippen LogP contribution in [0.25, 0.3) is 0 Å². The van der Waals surface area contributed by atoms with Crippen LogP contribution in [0.4, 0.5) is 11.4 Å². The highest BCUT2D eigenvalue weighted by molar-refractivity contribution is 7.86. The summed E-state index contributed by atoms with van der Waals surface area (Å²) in [7, 11) is -11.4. The number of allylic oxidation sites excluding steroid dienone is 4. The van der Waals surface area contributed by atoms with Crippen LogP contribution in [0.1, 0.15) is 63.5 Å². The second-order valence-corrected chi connectivity index (χ2v) is 20.5. The molecule has 3 heterocycles. The van der Waals surface area contributed by atoms with Crippen LogP contribution in [0, 0.1) is 0 Å². The number of benzene rings is 2. The van der Waals surface area contributed by atoms with Crippen molar-refractivity contribution in [1.82, 2.24) is 5.06 Å². The van der Waals surface area contributed by atoms with Crippen molar-refractivity contribution >= 4 is 65.2 Å². The zero-order valence-corrected chi connectivity index (χ0v) is 40.1. The maximum atomic E-state index is 12.4. The number of hydroxylamine groups is 2. The van der Waals surface area contributed by atoms with E-state index in [1.54, 1.807) is 32.3 Å². The molecule has 2 aromatic rings. The second-order valence-electron chi connectivity index (χ2n) is 16.3. The van der Waals surface area contributed by atoms with Crippen LogP contribution in [-0.2, 0) is 84.1 Å². The lowest BCUT2D eigenvalue weighted by Gasteiger charge is -2.30. The van der Waals surface area contributed by atoms with Crippen molar-refractivity contribution in [3.63, 3.8) is 0 Å². The van der Waals surface area contributed by atoms with E-state index in [4.69, 9.17) is 28.5 Å². The SMILES string of the molecule is COCCOCCOCC[N+]1=C(/C=C/C=C2/N(CCOCCC(=O)ON3C(=O)CCC3=O)c3ccc(S(=O)(=O)[O-])cc3C2(C)CCOC)C(C)(CCCS(=O)(=O)[O-])c2cc(S(=O)(=O)[O-])ccc21. The number of rotatable bonds is 27. The number of carbonyl (C=O) groups excluding carboxylic acids is 3. The fourth-order valence-corrected chi connectivity index (χ4v) is 9.85. The van der Waals surface area contributed by atoms with Crippen LogP contribution in [0.2, 0.25) is 0 Å². The van der Waals surface area contributed by atoms with E-state index < -0.39 is 74.5 Å². The van der Waals surface area contributed by atoms with Gasteiger partial charge in [-0.2, -0.15) is 4.58 Å². The number of hydrogen-bond acceptors (Lipinski definition) is 19. The quantitative estimate of drug-likeness (QED) is 0.0536. The molecule has 0 saturated carbocycles. The monoisotopic (exact) mass is 997 g/mol. The number of amides is 2. The number of nitrogens with zero attached hydrogens (tertiary/aromatic N) is 3. The minimum absolute atomic E-state index is 0.000839. The summed E-state index contributed by atoms with van der Waals surface area (Å²) in [6.45, 7) is 5.40. The third kappa shape index (κ3) is 13.4. The van der Waals surface area contributed by atoms with Crippen LogP contribution >= 0.6 is 0 Å². The van der Waals surface area contributed by atoms with Crippen LogP contribution in [0.15, 0.2) is 70.1 Å². The van der Waals surface area contributed by atoms with Crippen molar-refractivity contribution in [2.75, 3.05) is 90.8 Å². The predicted octanol–water partition coefficient (Wildman–Crippen LogP) is 2.12. The molecular weight excluding hydrogens is 943 g/mol. The van der Waals surface area contributed by atoms with E-state index in [1.807, 2.05) is 16.4 Å². The molecule has 5 rings (SSSR count). The fourth-order valence-electron chi connectivity index (χ4n) is 8.36. The van der Waals surface area contributed by atoms with Gasteiger partial charge in [0.05, 0.1) is 71.4 Å². The maximum absolute atomic E-state index is 12.4. The van der Waals surface area contributed by atoms with Crippen LogP contribution in [0.3, 0.4) is 0 Å². The molecule has 0 bridgehead atoms. The molecular formula is C43H55N3O18S3-2. The smallest absolute Gasteiger partial charge is 0.335 e. The first-order valence-electron chi connectivity index (χ1n) is 21.3. The molecule has 0 spiro atoms. The summed E-state index contributed by atoms with van der Waals surface area (Å²) in [4.78, 5) is 42.0. The Morgan fingerprint density at radius 1 is 0.746 bits per heavy atom. The molecule has 1 saturated heterocycles. The van der Waals surface area contributed by atoms with Gasteiger partial charge in [-0.25, -0.2) is 30.0 Å². The van der Waals surface area contributed by atoms with Gasteiger partial charge in [-0.15, -0.1) is 5.06 Å². The zero-order valence-electron chi connectivity index (χ0n) is 37.6. The molecule has 67 heavy (non-hydrogen) atoms. The lowest BCUT2D eigenvalue weighted by Crippen LogP contribution is -2.33. The van der Waals surface area contributed by atoms with Crippen LogP contribution < -0.4 is 4.90 Å². The Morgan fingerprint density at radius 3 is 1.97 bits per heavy atom. The number of anilines is 1. The van der Waals surface area contributed by atoms with Gasteiger partial charge in [0.1, 0.15) is 26.8 Å². The van der Waals surface area contributed by atoms with Crippen molar-refractivity contribution in [2.24, 2.45) is 0 Å². The highest BCUT2D eigenvalue weighted by Crippen LogP contribution is 2.51. The second kappa shape index (κ2) is 22.8. The Hall–Kier alpha value is -4.47. The average Bonchev–Trinajstić information content (AvgIpc) is 3.78. The van der Waals surface area contributed by atoms with Gasteiger partial charge in [-0.3, -0.25) is 9.59 Å². The molecule has 0 aliphatic carbocycles. The Morgan fingerprint density at radius 2 is 1.34 bits per heavy atom. The summed E-state index contributed by atoms with van der Waals surface area (Å²) in [5.41, 5.74) is 0.913. The van der Waals surface area contributed by atoms with Gasteiger partial charge >= 0.3 is 5.97 Å². The molecule has 0 aromatic heterocycles. The number of fused-ring (bicyclic) bond motifs is 2. The summed E-state index contributed by atoms with van der Waals surface area (Å²) in [6.07, 6.45) is 5.01. The lowest BCUT2D eigenvalue weighted by atomic mass is 9.75. The normalized spacial score (nSPS) is 20.5. The molecule has 21 nitrogen and oxygen atoms in total. The Labute approximate surface area is 390 Å². The van der Waals surface area contributed by atoms with E-state index in [2.05, 4.69) is 0 Å². The Bertz CT molecular complexity index is 2580. The van der Waals surface area contributed by atoms with Crippen molar-refractivity contribution < 1.29 is 86.4 Å². The van der Waals surface area contributed by atoms with E-state index in [0.29, 0.717) is 58.6 Å². The minimum Gasteiger partial charge on any atom is -0.748 e. The molecule has 370 valence electrons. The molecule has 24 heteroatoms. The third-order valence-electron chi connectivity index (χ3n) is 11.8. The molecule has 2 atom stereocenters. The fraction of sp³-hybridized carbons (Fsp3) is 0.535. The van der Waals surface area contributed by atoms with Gasteiger partial charge in [0.15, 0.2) is 12.3 Å². The lowest BCUT2D eigenvalue weighted by molar-refractivity contribution is -0.442. The third-order valence-corrected chi connectivity index (χ3v) is 14.2. The first-order chi connectivity index (χ1) is 31.5. The van der Waals surface area contributed by atoms with E-state index in [1.165, 1.54) is 43.5 Å². The summed E-state index contributed by atoms with van der Waals surface area (Å²) < 4.78 is 139. The van der Waals surface area contributed by atoms with E-state index in [-0.39, 0.29) is 84.8 Å². The molecule has 3 aliphatic heterocycles. The summed E-state index contributed by atoms with van der Waals surface area (Å²) in [6, 6.07) is 7.94. The molecule has 2 aromatic carbocycles. The van der Waals surface area contributed by atoms with Gasteiger partial charge in [0.25, 0.3) is 11.8 Å². The molecule has 1 fully saturated rings. The number of ether oxygens (including phenoxy) is 5. The highest BCUT2D eigenvalue weighted by atomic mass is 32.2. The summed E-state index contributed by atoms with van der Waals surface area (Å²) in [5, 5.41) is 0.442. The van der Waals surface area contributed by atoms with Gasteiger partial charge in [0.2, 0.25) is 5.69 Å². The van der Waals surface area contributed by atoms with E-state index >= 15 is 0 Å². The van der Waals surface area contributed by atoms with Crippen molar-refractivity contribution in [2.45, 2.75) is 73.0 Å². The molecule has 0 N–H and O–H groups in total. The van der Waals surface area contributed by atoms with Crippen molar-refractivity contribution in [1.29, 1.82) is 0 Å². The van der Waals surface area contributed by atoms with Crippen molar-refractivity contribution in [3.8, 4) is 0 Å². The summed E-state index contributed by atoms with van der Waals surface area (Å²) >= 11 is 0. The standard InChI is InChI=1S/C43H57N3O18S3/c1-42(16-6-28-65(50,51)52)33-29-31(66(53,54)55)9-11-35(33)44(19-23-62-26-27-63-25-24-60-4)37(42)7-5-8-38-43(2,17-21-59-3)34-30-32(67(56,57)58)10-12-36(34)45(38)18-22-61-20-15-41(49)64-46-39(47)13-14-40(46)48/h5,7-12,29-30H,6,13-28H2,1-4H3,(H2-,50,51,52,53,54,55,56,57,58)/p-2. The minimum atomic E-state index is -4.94. The first kappa shape index (κ1) is 53.5. The van der Waals surface area contributed by atoms with Crippen LogP contribution in [0.5, 0.6) is 0 Å². The van der Waals surface area contributed by atoms with Gasteiger partial charge in [0, 0.05) is 80.5 Å². The van der Waals surface area contributed by atoms with Crippen LogP contribution in [-0.4, -0.2) is 158 Å². The Balaban J connectivity index is 1.54. The number of imide groups is 1. The van der Waals surface area contributed by atoms with E-state index in [9.17, 15) is 53.3 Å². The summed E-state index contributed by atoms with van der Waals surface area (Å²) in [5.74, 6) is -2.81. The molecule has 2 amide bonds. The number of carbonyl (C=O) groups is 3. The average molecular weight is 998 g/mol. The molecule has 3 aliphatic rings. The predicted molar refractivity (Wildman–Crippen MR) is 234 cm³/mol. The molecule has 2 unspecified atom stereocenters. The van der Waals surface area contributed by atoms with Crippen molar-refractivity contribution in [3.05, 3.63) is 71.5 Å². The number of methoxy groups -OCH3 is 2. The zero-order chi connectivity index (χ0) is 49.2. The van der Waals surface area contributed by atoms with Gasteiger partial charge < -0.3 is 47.1 Å².